The van der Waals surface area contributed by atoms with Crippen LogP contribution in [0.5, 0.6) is 11.5 Å². The standard InChI is InChI=1S/C26H21N3O5/c30-20-10-6-18(7-11-20)15-26(34-33)25(32)29-16-23(19-8-12-21(31)13-9-19)27-22(24(29)28-26)14-17-4-2-1-3-5-17/h1-13,16,30-31,33H,14-15H2/t26-/m1/s1. The Morgan fingerprint density at radius 3 is 2.15 bits per heavy atom. The number of fused-ring (bicyclic) bond motifs is 1. The Hall–Kier alpha value is -4.27. The number of carbonyl (C=O) groups excluding carboxylic acids is 1. The SMILES string of the molecule is O=C1N2C=C(c3ccc(O)cc3)N=C(Cc3ccccc3)C2=N[C@]1(Cc1ccc(O)cc1)OO. The van der Waals surface area contributed by atoms with Gasteiger partial charge in [0.25, 0.3) is 11.6 Å². The monoisotopic (exact) mass is 455 g/mol. The highest BCUT2D eigenvalue weighted by Crippen LogP contribution is 2.34. The second kappa shape index (κ2) is 8.58. The summed E-state index contributed by atoms with van der Waals surface area (Å²) in [6, 6.07) is 22.4. The number of phenols is 2. The van der Waals surface area contributed by atoms with Crippen LogP contribution in [0, 0.1) is 0 Å². The largest absolute Gasteiger partial charge is 0.508 e. The van der Waals surface area contributed by atoms with Crippen molar-refractivity contribution in [3.05, 3.63) is 102 Å². The molecule has 0 bridgehead atoms. The predicted octanol–water partition coefficient (Wildman–Crippen LogP) is 3.76. The molecule has 2 aliphatic heterocycles. The second-order valence-electron chi connectivity index (χ2n) is 8.11. The summed E-state index contributed by atoms with van der Waals surface area (Å²) in [7, 11) is 0. The Balaban J connectivity index is 1.57. The van der Waals surface area contributed by atoms with Crippen molar-refractivity contribution in [2.45, 2.75) is 18.6 Å². The van der Waals surface area contributed by atoms with Crippen molar-refractivity contribution in [2.24, 2.45) is 9.98 Å². The summed E-state index contributed by atoms with van der Waals surface area (Å²) in [5, 5.41) is 29.1. The van der Waals surface area contributed by atoms with E-state index in [9.17, 15) is 20.3 Å². The highest BCUT2D eigenvalue weighted by molar-refractivity contribution is 6.47. The molecule has 0 unspecified atom stereocenters. The molecule has 3 aromatic rings. The minimum Gasteiger partial charge on any atom is -0.508 e. The molecule has 1 amide bonds. The molecule has 170 valence electrons. The molecule has 0 spiro atoms. The van der Waals surface area contributed by atoms with Gasteiger partial charge < -0.3 is 10.2 Å². The van der Waals surface area contributed by atoms with E-state index in [1.807, 2.05) is 30.3 Å². The van der Waals surface area contributed by atoms with Gasteiger partial charge in [-0.2, -0.15) is 4.89 Å². The molecule has 0 saturated heterocycles. The maximum absolute atomic E-state index is 13.5. The number of carbonyl (C=O) groups is 1. The normalized spacial score (nSPS) is 19.4. The summed E-state index contributed by atoms with van der Waals surface area (Å²) in [4.78, 5) is 28.9. The van der Waals surface area contributed by atoms with E-state index in [0.29, 0.717) is 34.8 Å². The third kappa shape index (κ3) is 3.96. The van der Waals surface area contributed by atoms with Crippen molar-refractivity contribution in [3.8, 4) is 11.5 Å². The van der Waals surface area contributed by atoms with Crippen LogP contribution in [0.25, 0.3) is 5.70 Å². The predicted molar refractivity (Wildman–Crippen MR) is 126 cm³/mol. The first-order valence-electron chi connectivity index (χ1n) is 10.6. The number of aromatic hydroxyl groups is 2. The summed E-state index contributed by atoms with van der Waals surface area (Å²) >= 11 is 0. The van der Waals surface area contributed by atoms with Crippen molar-refractivity contribution in [1.29, 1.82) is 0 Å². The molecule has 8 heteroatoms. The van der Waals surface area contributed by atoms with E-state index in [-0.39, 0.29) is 17.9 Å². The Morgan fingerprint density at radius 1 is 0.853 bits per heavy atom. The van der Waals surface area contributed by atoms with Gasteiger partial charge in [-0.15, -0.1) is 0 Å². The van der Waals surface area contributed by atoms with Gasteiger partial charge in [0, 0.05) is 24.6 Å². The van der Waals surface area contributed by atoms with Crippen LogP contribution >= 0.6 is 0 Å². The Labute approximate surface area is 195 Å². The lowest BCUT2D eigenvalue weighted by Crippen LogP contribution is -2.45. The van der Waals surface area contributed by atoms with E-state index >= 15 is 0 Å². The van der Waals surface area contributed by atoms with Crippen LogP contribution in [-0.4, -0.2) is 43.5 Å². The first-order valence-corrected chi connectivity index (χ1v) is 10.6. The molecule has 8 nitrogen and oxygen atoms in total. The van der Waals surface area contributed by atoms with Gasteiger partial charge in [0.2, 0.25) is 0 Å². The third-order valence-electron chi connectivity index (χ3n) is 5.74. The van der Waals surface area contributed by atoms with Crippen LogP contribution in [0.15, 0.2) is 95.0 Å². The molecule has 0 aliphatic carbocycles. The fraction of sp³-hybridized carbons (Fsp3) is 0.115. The molecule has 0 aromatic heterocycles. The van der Waals surface area contributed by atoms with Crippen LogP contribution in [0.1, 0.15) is 16.7 Å². The molecule has 1 atom stereocenters. The summed E-state index contributed by atoms with van der Waals surface area (Å²) in [5.74, 6) is -0.0586. The Bertz CT molecular complexity index is 1310. The quantitative estimate of drug-likeness (QED) is 0.387. The second-order valence-corrected chi connectivity index (χ2v) is 8.11. The molecule has 0 fully saturated rings. The number of amides is 1. The summed E-state index contributed by atoms with van der Waals surface area (Å²) < 4.78 is 0. The molecular formula is C26H21N3O5. The molecule has 3 N–H and O–H groups in total. The van der Waals surface area contributed by atoms with Gasteiger partial charge in [0.05, 0.1) is 11.4 Å². The Kier molecular flexibility index (Phi) is 5.45. The van der Waals surface area contributed by atoms with Crippen molar-refractivity contribution in [2.75, 3.05) is 0 Å². The fourth-order valence-electron chi connectivity index (χ4n) is 4.00. The van der Waals surface area contributed by atoms with Crippen molar-refractivity contribution in [1.82, 2.24) is 4.90 Å². The van der Waals surface area contributed by atoms with Gasteiger partial charge in [-0.05, 0) is 47.5 Å². The Morgan fingerprint density at radius 2 is 1.50 bits per heavy atom. The van der Waals surface area contributed by atoms with E-state index in [2.05, 4.69) is 4.99 Å². The number of aliphatic imine (C=N–C) groups is 2. The van der Waals surface area contributed by atoms with Gasteiger partial charge >= 0.3 is 0 Å². The molecule has 3 aromatic carbocycles. The minimum absolute atomic E-state index is 0.0381. The number of nitrogens with zero attached hydrogens (tertiary/aromatic N) is 3. The molecule has 34 heavy (non-hydrogen) atoms. The smallest absolute Gasteiger partial charge is 0.291 e. The van der Waals surface area contributed by atoms with Crippen LogP contribution in [0.4, 0.5) is 0 Å². The van der Waals surface area contributed by atoms with E-state index in [1.165, 1.54) is 17.0 Å². The number of hydrogen-bond donors (Lipinski definition) is 3. The van der Waals surface area contributed by atoms with Crippen LogP contribution in [0.2, 0.25) is 0 Å². The number of amidine groups is 1. The number of hydrogen-bond acceptors (Lipinski definition) is 7. The van der Waals surface area contributed by atoms with Crippen LogP contribution < -0.4 is 0 Å². The highest BCUT2D eigenvalue weighted by Gasteiger charge is 2.52. The fourth-order valence-corrected chi connectivity index (χ4v) is 4.00. The van der Waals surface area contributed by atoms with Crippen molar-refractivity contribution < 1.29 is 25.2 Å². The van der Waals surface area contributed by atoms with E-state index in [1.54, 1.807) is 42.6 Å². The summed E-state index contributed by atoms with van der Waals surface area (Å²) in [5.41, 5.74) is 1.49. The van der Waals surface area contributed by atoms with Gasteiger partial charge in [-0.25, -0.2) is 15.2 Å². The van der Waals surface area contributed by atoms with Crippen molar-refractivity contribution >= 4 is 23.2 Å². The number of phenolic OH excluding ortho intramolecular Hbond substituents is 2. The van der Waals surface area contributed by atoms with Gasteiger partial charge in [0.15, 0.2) is 5.84 Å². The molecule has 5 rings (SSSR count). The maximum Gasteiger partial charge on any atom is 0.291 e. The lowest BCUT2D eigenvalue weighted by molar-refractivity contribution is -0.308. The first-order chi connectivity index (χ1) is 16.5. The zero-order chi connectivity index (χ0) is 23.7. The molecule has 0 radical (unpaired) electrons. The minimum atomic E-state index is -1.88. The summed E-state index contributed by atoms with van der Waals surface area (Å²) in [6.07, 6.45) is 1.92. The lowest BCUT2D eigenvalue weighted by Gasteiger charge is -2.24. The van der Waals surface area contributed by atoms with E-state index in [0.717, 1.165) is 5.56 Å². The zero-order valence-corrected chi connectivity index (χ0v) is 18.0. The molecule has 2 aliphatic rings. The zero-order valence-electron chi connectivity index (χ0n) is 18.0. The average molecular weight is 455 g/mol. The van der Waals surface area contributed by atoms with Gasteiger partial charge in [0.1, 0.15) is 11.5 Å². The summed E-state index contributed by atoms with van der Waals surface area (Å²) in [6.45, 7) is 0. The van der Waals surface area contributed by atoms with Crippen LogP contribution in [-0.2, 0) is 22.5 Å². The average Bonchev–Trinajstić information content (AvgIpc) is 3.14. The topological polar surface area (TPSA) is 115 Å². The lowest BCUT2D eigenvalue weighted by atomic mass is 10.0. The third-order valence-corrected chi connectivity index (χ3v) is 5.74. The van der Waals surface area contributed by atoms with Crippen LogP contribution in [0.3, 0.4) is 0 Å². The number of rotatable bonds is 6. The molecule has 0 saturated carbocycles. The van der Waals surface area contributed by atoms with Gasteiger partial charge in [-0.3, -0.25) is 9.69 Å². The van der Waals surface area contributed by atoms with Crippen molar-refractivity contribution in [3.63, 3.8) is 0 Å². The highest BCUT2D eigenvalue weighted by atomic mass is 17.1. The van der Waals surface area contributed by atoms with Gasteiger partial charge in [-0.1, -0.05) is 42.5 Å². The number of benzene rings is 3. The molecule has 2 heterocycles. The maximum atomic E-state index is 13.5. The van der Waals surface area contributed by atoms with E-state index < -0.39 is 11.6 Å². The van der Waals surface area contributed by atoms with E-state index in [4.69, 9.17) is 9.88 Å². The first kappa shape index (κ1) is 21.6. The molecular weight excluding hydrogens is 434 g/mol.